The molecule has 82 valence electrons. The largest absolute Gasteiger partial charge is 0.407 e. The Balaban J connectivity index is 2.65. The van der Waals surface area contributed by atoms with Crippen molar-refractivity contribution >= 4 is 16.7 Å². The first kappa shape index (κ1) is 10.5. The molecule has 0 N–H and O–H groups in total. The van der Waals surface area contributed by atoms with Crippen molar-refractivity contribution in [1.82, 2.24) is 4.98 Å². The Hall–Kier alpha value is -1.97. The molecule has 2 aromatic rings. The molecule has 0 atom stereocenters. The van der Waals surface area contributed by atoms with Gasteiger partial charge in [-0.3, -0.25) is 4.79 Å². The fourth-order valence-electron chi connectivity index (χ4n) is 1.51. The number of aryl methyl sites for hydroxylation is 1. The summed E-state index contributed by atoms with van der Waals surface area (Å²) in [7, 11) is 0. The lowest BCUT2D eigenvalue weighted by Gasteiger charge is -2.00. The number of hydrogen-bond acceptors (Lipinski definition) is 4. The van der Waals surface area contributed by atoms with E-state index < -0.39 is 5.63 Å². The number of benzene rings is 1. The molecule has 0 saturated heterocycles. The summed E-state index contributed by atoms with van der Waals surface area (Å²) in [6.45, 7) is 3.35. The van der Waals surface area contributed by atoms with E-state index in [-0.39, 0.29) is 18.1 Å². The van der Waals surface area contributed by atoms with Crippen LogP contribution in [0.5, 0.6) is 0 Å². The van der Waals surface area contributed by atoms with Gasteiger partial charge in [-0.2, -0.15) is 0 Å². The Morgan fingerprint density at radius 3 is 2.88 bits per heavy atom. The third-order valence-electron chi connectivity index (χ3n) is 2.23. The molecule has 0 fully saturated rings. The van der Waals surface area contributed by atoms with Crippen LogP contribution in [0.2, 0.25) is 0 Å². The highest BCUT2D eigenvalue weighted by atomic mass is 16.4. The maximum Gasteiger partial charge on any atom is 0.346 e. The molecule has 0 radical (unpaired) electrons. The van der Waals surface area contributed by atoms with Gasteiger partial charge in [-0.05, 0) is 31.5 Å². The Morgan fingerprint density at radius 2 is 2.19 bits per heavy atom. The first-order valence-corrected chi connectivity index (χ1v) is 4.96. The molecule has 0 aliphatic rings. The van der Waals surface area contributed by atoms with Crippen LogP contribution in [0.1, 0.15) is 18.4 Å². The quantitative estimate of drug-likeness (QED) is 0.767. The molecule has 1 heterocycles. The third-order valence-corrected chi connectivity index (χ3v) is 2.23. The van der Waals surface area contributed by atoms with Gasteiger partial charge in [-0.25, -0.2) is 9.78 Å². The Bertz CT molecular complexity index is 613. The Labute approximate surface area is 91.9 Å². The lowest BCUT2D eigenvalue weighted by Crippen LogP contribution is -2.08. The van der Waals surface area contributed by atoms with Gasteiger partial charge in [0.25, 0.3) is 0 Å². The van der Waals surface area contributed by atoms with E-state index in [1.165, 1.54) is 6.92 Å². The fraction of sp³-hybridized carbons (Fsp3) is 0.250. The van der Waals surface area contributed by atoms with Crippen molar-refractivity contribution in [3.8, 4) is 0 Å². The van der Waals surface area contributed by atoms with Crippen LogP contribution < -0.4 is 5.63 Å². The van der Waals surface area contributed by atoms with Crippen molar-refractivity contribution in [2.45, 2.75) is 20.3 Å². The lowest BCUT2D eigenvalue weighted by molar-refractivity contribution is -0.116. The van der Waals surface area contributed by atoms with E-state index in [9.17, 15) is 9.59 Å². The normalized spacial score (nSPS) is 10.6. The van der Waals surface area contributed by atoms with Crippen LogP contribution in [-0.4, -0.2) is 10.8 Å². The molecular formula is C12H11NO3. The van der Waals surface area contributed by atoms with E-state index in [1.807, 2.05) is 13.0 Å². The summed E-state index contributed by atoms with van der Waals surface area (Å²) < 4.78 is 4.95. The standard InChI is InChI=1S/C12H11NO3/c1-7-3-4-9-10(5-7)13-11(6-8(2)14)16-12(9)15/h3-5H,6H2,1-2H3. The monoisotopic (exact) mass is 217 g/mol. The molecule has 16 heavy (non-hydrogen) atoms. The van der Waals surface area contributed by atoms with Crippen molar-refractivity contribution in [3.05, 3.63) is 40.1 Å². The van der Waals surface area contributed by atoms with Gasteiger partial charge in [0.1, 0.15) is 5.78 Å². The molecule has 0 saturated carbocycles. The molecule has 0 aliphatic carbocycles. The molecule has 0 spiro atoms. The van der Waals surface area contributed by atoms with E-state index in [4.69, 9.17) is 4.42 Å². The topological polar surface area (TPSA) is 60.2 Å². The second-order valence-corrected chi connectivity index (χ2v) is 3.79. The first-order chi connectivity index (χ1) is 7.56. The van der Waals surface area contributed by atoms with Crippen LogP contribution in [0, 0.1) is 6.92 Å². The molecule has 4 nitrogen and oxygen atoms in total. The van der Waals surface area contributed by atoms with E-state index >= 15 is 0 Å². The zero-order valence-corrected chi connectivity index (χ0v) is 9.11. The highest BCUT2D eigenvalue weighted by Crippen LogP contribution is 2.10. The second kappa shape index (κ2) is 3.89. The van der Waals surface area contributed by atoms with Gasteiger partial charge in [-0.15, -0.1) is 0 Å². The second-order valence-electron chi connectivity index (χ2n) is 3.79. The minimum atomic E-state index is -0.443. The number of carbonyl (C=O) groups excluding carboxylic acids is 1. The smallest absolute Gasteiger partial charge is 0.346 e. The summed E-state index contributed by atoms with van der Waals surface area (Å²) in [5, 5.41) is 0.443. The predicted octanol–water partition coefficient (Wildman–Crippen LogP) is 1.63. The maximum absolute atomic E-state index is 11.6. The highest BCUT2D eigenvalue weighted by molar-refractivity contribution is 5.80. The molecule has 0 amide bonds. The van der Waals surface area contributed by atoms with Gasteiger partial charge >= 0.3 is 5.63 Å². The zero-order chi connectivity index (χ0) is 11.7. The summed E-state index contributed by atoms with van der Waals surface area (Å²) >= 11 is 0. The molecule has 1 aromatic heterocycles. The Morgan fingerprint density at radius 1 is 1.44 bits per heavy atom. The average molecular weight is 217 g/mol. The third kappa shape index (κ3) is 2.00. The Kier molecular flexibility index (Phi) is 2.56. The minimum absolute atomic E-state index is 0.0547. The molecule has 4 heteroatoms. The number of nitrogens with zero attached hydrogens (tertiary/aromatic N) is 1. The van der Waals surface area contributed by atoms with Gasteiger partial charge < -0.3 is 4.42 Å². The summed E-state index contributed by atoms with van der Waals surface area (Å²) in [5.74, 6) is 0.0956. The van der Waals surface area contributed by atoms with E-state index in [0.29, 0.717) is 10.9 Å². The summed E-state index contributed by atoms with van der Waals surface area (Å²) in [6.07, 6.45) is 0.0547. The van der Waals surface area contributed by atoms with Crippen LogP contribution in [0.15, 0.2) is 27.4 Å². The maximum atomic E-state index is 11.6. The van der Waals surface area contributed by atoms with Gasteiger partial charge in [0.2, 0.25) is 5.89 Å². The molecule has 0 bridgehead atoms. The number of carbonyl (C=O) groups is 1. The highest BCUT2D eigenvalue weighted by Gasteiger charge is 2.07. The molecule has 0 aliphatic heterocycles. The number of rotatable bonds is 2. The summed E-state index contributed by atoms with van der Waals surface area (Å²) in [5.41, 5.74) is 1.15. The fourth-order valence-corrected chi connectivity index (χ4v) is 1.51. The zero-order valence-electron chi connectivity index (χ0n) is 9.11. The summed E-state index contributed by atoms with van der Waals surface area (Å²) in [4.78, 5) is 26.6. The van der Waals surface area contributed by atoms with Crippen molar-refractivity contribution < 1.29 is 9.21 Å². The van der Waals surface area contributed by atoms with Crippen LogP contribution in [0.3, 0.4) is 0 Å². The van der Waals surface area contributed by atoms with Crippen molar-refractivity contribution in [2.24, 2.45) is 0 Å². The van der Waals surface area contributed by atoms with Gasteiger partial charge in [0, 0.05) is 0 Å². The number of fused-ring (bicyclic) bond motifs is 1. The van der Waals surface area contributed by atoms with Crippen LogP contribution in [0.4, 0.5) is 0 Å². The van der Waals surface area contributed by atoms with Crippen LogP contribution in [-0.2, 0) is 11.2 Å². The molecule has 0 unspecified atom stereocenters. The predicted molar refractivity (Wildman–Crippen MR) is 59.4 cm³/mol. The van der Waals surface area contributed by atoms with Crippen molar-refractivity contribution in [1.29, 1.82) is 0 Å². The number of aromatic nitrogens is 1. The van der Waals surface area contributed by atoms with Crippen LogP contribution in [0.25, 0.3) is 10.9 Å². The van der Waals surface area contributed by atoms with E-state index in [2.05, 4.69) is 4.98 Å². The average Bonchev–Trinajstić information content (AvgIpc) is 2.15. The van der Waals surface area contributed by atoms with Crippen molar-refractivity contribution in [3.63, 3.8) is 0 Å². The van der Waals surface area contributed by atoms with Crippen molar-refractivity contribution in [2.75, 3.05) is 0 Å². The number of hydrogen-bond donors (Lipinski definition) is 0. The number of ketones is 1. The molecule has 1 aromatic carbocycles. The minimum Gasteiger partial charge on any atom is -0.407 e. The van der Waals surface area contributed by atoms with Crippen LogP contribution >= 0.6 is 0 Å². The van der Waals surface area contributed by atoms with E-state index in [0.717, 1.165) is 5.56 Å². The van der Waals surface area contributed by atoms with Gasteiger partial charge in [0.15, 0.2) is 0 Å². The summed E-state index contributed by atoms with van der Waals surface area (Å²) in [6, 6.07) is 5.31. The molecule has 2 rings (SSSR count). The van der Waals surface area contributed by atoms with Gasteiger partial charge in [0.05, 0.1) is 17.3 Å². The first-order valence-electron chi connectivity index (χ1n) is 4.96. The number of Topliss-reactive ketones (excluding diaryl/α,β-unsaturated/α-hetero) is 1. The molecular weight excluding hydrogens is 206 g/mol. The SMILES string of the molecule is CC(=O)Cc1nc2cc(C)ccc2c(=O)o1. The van der Waals surface area contributed by atoms with E-state index in [1.54, 1.807) is 12.1 Å². The van der Waals surface area contributed by atoms with Gasteiger partial charge in [-0.1, -0.05) is 6.07 Å². The lowest BCUT2D eigenvalue weighted by atomic mass is 10.2.